The smallest absolute Gasteiger partial charge is 0.134 e. The number of methoxy groups -OCH3 is 1. The van der Waals surface area contributed by atoms with Gasteiger partial charge < -0.3 is 10.5 Å². The number of nitrogens with two attached hydrogens (primary N) is 1. The Bertz CT molecular complexity index is 590. The van der Waals surface area contributed by atoms with Gasteiger partial charge >= 0.3 is 0 Å². The first-order valence-corrected chi connectivity index (χ1v) is 6.50. The van der Waals surface area contributed by atoms with Crippen LogP contribution in [0.25, 0.3) is 0 Å². The van der Waals surface area contributed by atoms with Crippen LogP contribution in [0.2, 0.25) is 0 Å². The zero-order valence-corrected chi connectivity index (χ0v) is 11.6. The molecule has 0 aromatic heterocycles. The highest BCUT2D eigenvalue weighted by molar-refractivity contribution is 5.35. The Morgan fingerprint density at radius 2 is 1.62 bits per heavy atom. The lowest BCUT2D eigenvalue weighted by atomic mass is 9.97. The van der Waals surface area contributed by atoms with Gasteiger partial charge in [0.25, 0.3) is 0 Å². The van der Waals surface area contributed by atoms with Crippen LogP contribution in [0.3, 0.4) is 0 Å². The molecule has 2 aromatic carbocycles. The van der Waals surface area contributed by atoms with Crippen molar-refractivity contribution in [1.82, 2.24) is 0 Å². The summed E-state index contributed by atoms with van der Waals surface area (Å²) in [7, 11) is 1.62. The zero-order chi connectivity index (χ0) is 15.4. The minimum Gasteiger partial charge on any atom is -0.384 e. The highest BCUT2D eigenvalue weighted by Crippen LogP contribution is 2.26. The summed E-state index contributed by atoms with van der Waals surface area (Å²) in [5.74, 6) is -2.93. The molecule has 0 bridgehead atoms. The SMILES string of the molecule is COCCc1ccc(C(N)c2c(F)cc(F)cc2F)cc1. The molecule has 0 saturated carbocycles. The van der Waals surface area contributed by atoms with Crippen molar-refractivity contribution < 1.29 is 17.9 Å². The molecule has 5 heteroatoms. The van der Waals surface area contributed by atoms with Crippen LogP contribution in [0, 0.1) is 17.5 Å². The predicted molar refractivity (Wildman–Crippen MR) is 74.4 cm³/mol. The third-order valence-corrected chi connectivity index (χ3v) is 3.29. The van der Waals surface area contributed by atoms with Crippen LogP contribution in [-0.2, 0) is 11.2 Å². The van der Waals surface area contributed by atoms with E-state index in [4.69, 9.17) is 10.5 Å². The standard InChI is InChI=1S/C16H16F3NO/c1-21-7-6-10-2-4-11(5-3-10)16(20)15-13(18)8-12(17)9-14(15)19/h2-5,8-9,16H,6-7,20H2,1H3. The van der Waals surface area contributed by atoms with Crippen LogP contribution < -0.4 is 5.73 Å². The fourth-order valence-corrected chi connectivity index (χ4v) is 2.13. The molecule has 2 rings (SSSR count). The van der Waals surface area contributed by atoms with Crippen molar-refractivity contribution in [2.45, 2.75) is 12.5 Å². The van der Waals surface area contributed by atoms with E-state index in [1.54, 1.807) is 19.2 Å². The fraction of sp³-hybridized carbons (Fsp3) is 0.250. The van der Waals surface area contributed by atoms with E-state index in [-0.39, 0.29) is 5.56 Å². The second-order valence-electron chi connectivity index (χ2n) is 4.75. The minimum absolute atomic E-state index is 0.332. The summed E-state index contributed by atoms with van der Waals surface area (Å²) in [6.07, 6.45) is 0.741. The van der Waals surface area contributed by atoms with Crippen LogP contribution in [0.1, 0.15) is 22.7 Å². The number of rotatable bonds is 5. The Morgan fingerprint density at radius 3 is 2.14 bits per heavy atom. The van der Waals surface area contributed by atoms with E-state index in [1.807, 2.05) is 12.1 Å². The lowest BCUT2D eigenvalue weighted by molar-refractivity contribution is 0.202. The number of halogens is 3. The molecule has 0 aliphatic carbocycles. The highest BCUT2D eigenvalue weighted by Gasteiger charge is 2.19. The van der Waals surface area contributed by atoms with Gasteiger partial charge in [0.2, 0.25) is 0 Å². The van der Waals surface area contributed by atoms with E-state index in [9.17, 15) is 13.2 Å². The number of hydrogen-bond donors (Lipinski definition) is 1. The molecule has 1 atom stereocenters. The summed E-state index contributed by atoms with van der Waals surface area (Å²) < 4.78 is 45.3. The molecular formula is C16H16F3NO. The summed E-state index contributed by atoms with van der Waals surface area (Å²) in [5, 5.41) is 0. The maximum atomic E-state index is 13.7. The Hall–Kier alpha value is -1.85. The third kappa shape index (κ3) is 3.62. The van der Waals surface area contributed by atoms with Gasteiger partial charge in [0, 0.05) is 24.8 Å². The van der Waals surface area contributed by atoms with Gasteiger partial charge in [-0.15, -0.1) is 0 Å². The van der Waals surface area contributed by atoms with Gasteiger partial charge in [-0.25, -0.2) is 13.2 Å². The maximum absolute atomic E-state index is 13.7. The molecule has 21 heavy (non-hydrogen) atoms. The van der Waals surface area contributed by atoms with Gasteiger partial charge in [-0.3, -0.25) is 0 Å². The van der Waals surface area contributed by atoms with Gasteiger partial charge in [0.15, 0.2) is 0 Å². The molecular weight excluding hydrogens is 279 g/mol. The van der Waals surface area contributed by atoms with Crippen LogP contribution >= 0.6 is 0 Å². The van der Waals surface area contributed by atoms with E-state index in [0.29, 0.717) is 24.3 Å². The Kier molecular flexibility index (Phi) is 4.98. The van der Waals surface area contributed by atoms with Crippen molar-refractivity contribution in [1.29, 1.82) is 0 Å². The van der Waals surface area contributed by atoms with E-state index in [0.717, 1.165) is 12.0 Å². The normalized spacial score (nSPS) is 12.4. The number of benzene rings is 2. The Balaban J connectivity index is 2.26. The largest absolute Gasteiger partial charge is 0.384 e. The van der Waals surface area contributed by atoms with E-state index in [1.165, 1.54) is 0 Å². The van der Waals surface area contributed by atoms with Crippen molar-refractivity contribution in [2.75, 3.05) is 13.7 Å². The maximum Gasteiger partial charge on any atom is 0.134 e. The Morgan fingerprint density at radius 1 is 1.05 bits per heavy atom. The summed E-state index contributed by atoms with van der Waals surface area (Å²) in [4.78, 5) is 0. The molecule has 2 aromatic rings. The quantitative estimate of drug-likeness (QED) is 0.918. The molecule has 2 N–H and O–H groups in total. The average molecular weight is 295 g/mol. The molecule has 0 aliphatic heterocycles. The van der Waals surface area contributed by atoms with Gasteiger partial charge in [-0.1, -0.05) is 24.3 Å². The molecule has 0 spiro atoms. The van der Waals surface area contributed by atoms with Gasteiger partial charge in [-0.2, -0.15) is 0 Å². The van der Waals surface area contributed by atoms with Crippen molar-refractivity contribution in [3.63, 3.8) is 0 Å². The number of hydrogen-bond acceptors (Lipinski definition) is 2. The van der Waals surface area contributed by atoms with Crippen molar-refractivity contribution in [2.24, 2.45) is 5.73 Å². The third-order valence-electron chi connectivity index (χ3n) is 3.29. The van der Waals surface area contributed by atoms with E-state index < -0.39 is 23.5 Å². The first-order chi connectivity index (χ1) is 10.0. The first-order valence-electron chi connectivity index (χ1n) is 6.50. The molecule has 0 fully saturated rings. The summed E-state index contributed by atoms with van der Waals surface area (Å²) in [6, 6.07) is 7.34. The highest BCUT2D eigenvalue weighted by atomic mass is 19.1. The van der Waals surface area contributed by atoms with Crippen LogP contribution in [-0.4, -0.2) is 13.7 Å². The van der Waals surface area contributed by atoms with Crippen molar-refractivity contribution in [3.8, 4) is 0 Å². The molecule has 112 valence electrons. The van der Waals surface area contributed by atoms with E-state index in [2.05, 4.69) is 0 Å². The Labute approximate surface area is 121 Å². The van der Waals surface area contributed by atoms with Gasteiger partial charge in [-0.05, 0) is 17.5 Å². The molecule has 0 heterocycles. The molecule has 0 saturated heterocycles. The lowest BCUT2D eigenvalue weighted by Gasteiger charge is -2.15. The molecule has 0 aliphatic rings. The first kappa shape index (κ1) is 15.5. The summed E-state index contributed by atoms with van der Waals surface area (Å²) >= 11 is 0. The zero-order valence-electron chi connectivity index (χ0n) is 11.6. The predicted octanol–water partition coefficient (Wildman–Crippen LogP) is 3.34. The molecule has 0 radical (unpaired) electrons. The van der Waals surface area contributed by atoms with Crippen molar-refractivity contribution in [3.05, 3.63) is 70.5 Å². The molecule has 1 unspecified atom stereocenters. The molecule has 0 amide bonds. The van der Waals surface area contributed by atoms with Crippen LogP contribution in [0.5, 0.6) is 0 Å². The van der Waals surface area contributed by atoms with Gasteiger partial charge in [0.1, 0.15) is 17.5 Å². The second-order valence-corrected chi connectivity index (χ2v) is 4.75. The van der Waals surface area contributed by atoms with Crippen molar-refractivity contribution >= 4 is 0 Å². The second kappa shape index (κ2) is 6.74. The monoisotopic (exact) mass is 295 g/mol. The van der Waals surface area contributed by atoms with Crippen LogP contribution in [0.15, 0.2) is 36.4 Å². The van der Waals surface area contributed by atoms with Crippen LogP contribution in [0.4, 0.5) is 13.2 Å². The van der Waals surface area contributed by atoms with E-state index >= 15 is 0 Å². The topological polar surface area (TPSA) is 35.2 Å². The summed E-state index contributed by atoms with van der Waals surface area (Å²) in [5.41, 5.74) is 7.15. The fourth-order valence-electron chi connectivity index (χ4n) is 2.13. The number of ether oxygens (including phenoxy) is 1. The lowest BCUT2D eigenvalue weighted by Crippen LogP contribution is -2.16. The average Bonchev–Trinajstić information content (AvgIpc) is 2.44. The van der Waals surface area contributed by atoms with Gasteiger partial charge in [0.05, 0.1) is 12.6 Å². The molecule has 2 nitrogen and oxygen atoms in total. The summed E-state index contributed by atoms with van der Waals surface area (Å²) in [6.45, 7) is 0.590. The minimum atomic E-state index is -0.984.